The molecule has 18 heavy (non-hydrogen) atoms. The predicted octanol–water partition coefficient (Wildman–Crippen LogP) is 3.81. The zero-order chi connectivity index (χ0) is 14.6. The Morgan fingerprint density at radius 2 is 1.17 bits per heavy atom. The fraction of sp³-hybridized carbons (Fsp3) is 0.571. The van der Waals surface area contributed by atoms with Crippen LogP contribution < -0.4 is 19.5 Å². The molecule has 0 aliphatic carbocycles. The molecule has 1 N–H and O–H groups in total. The van der Waals surface area contributed by atoms with Crippen LogP contribution in [-0.2, 0) is 0 Å². The quantitative estimate of drug-likeness (QED) is 0.890. The fourth-order valence-electron chi connectivity index (χ4n) is 1.23. The van der Waals surface area contributed by atoms with Gasteiger partial charge in [0.1, 0.15) is 0 Å². The summed E-state index contributed by atoms with van der Waals surface area (Å²) in [4.78, 5) is 0. The number of methoxy groups -OCH3 is 3. The molecule has 106 valence electrons. The Morgan fingerprint density at radius 3 is 1.39 bits per heavy atom. The van der Waals surface area contributed by atoms with E-state index in [4.69, 9.17) is 14.2 Å². The zero-order valence-corrected chi connectivity index (χ0v) is 12.9. The number of ether oxygens (including phenoxy) is 3. The summed E-state index contributed by atoms with van der Waals surface area (Å²) in [6, 6.07) is 3.70. The van der Waals surface area contributed by atoms with Crippen LogP contribution >= 0.6 is 0 Å². The number of benzene rings is 1. The van der Waals surface area contributed by atoms with Crippen molar-refractivity contribution in [2.24, 2.45) is 0 Å². The van der Waals surface area contributed by atoms with E-state index < -0.39 is 0 Å². The van der Waals surface area contributed by atoms with Gasteiger partial charge >= 0.3 is 0 Å². The minimum absolute atomic E-state index is 0.606. The van der Waals surface area contributed by atoms with E-state index in [1.807, 2.05) is 46.9 Å². The maximum atomic E-state index is 5.18. The molecule has 0 atom stereocenters. The average molecular weight is 257 g/mol. The summed E-state index contributed by atoms with van der Waals surface area (Å²) in [6.45, 7) is 8.00. The number of rotatable bonds is 4. The van der Waals surface area contributed by atoms with Gasteiger partial charge < -0.3 is 19.5 Å². The number of anilines is 1. The zero-order valence-electron chi connectivity index (χ0n) is 12.9. The van der Waals surface area contributed by atoms with E-state index in [1.54, 1.807) is 21.3 Å². The number of hydrogen-bond acceptors (Lipinski definition) is 4. The SMILES string of the molecule is CC.CC.CNc1cc(OC)c(OC)c(OC)c1. The Hall–Kier alpha value is -1.58. The summed E-state index contributed by atoms with van der Waals surface area (Å²) >= 11 is 0. The number of nitrogens with one attached hydrogen (secondary N) is 1. The van der Waals surface area contributed by atoms with Crippen molar-refractivity contribution in [3.63, 3.8) is 0 Å². The molecule has 1 rings (SSSR count). The van der Waals surface area contributed by atoms with Crippen LogP contribution in [0.5, 0.6) is 17.2 Å². The standard InChI is InChI=1S/C10H15NO3.2C2H6/c1-11-7-5-8(12-2)10(14-4)9(6-7)13-3;2*1-2/h5-6,11H,1-4H3;2*1-2H3. The highest BCUT2D eigenvalue weighted by Gasteiger charge is 2.11. The van der Waals surface area contributed by atoms with Gasteiger partial charge in [-0.2, -0.15) is 0 Å². The van der Waals surface area contributed by atoms with Crippen molar-refractivity contribution in [1.82, 2.24) is 0 Å². The van der Waals surface area contributed by atoms with E-state index in [-0.39, 0.29) is 0 Å². The highest BCUT2D eigenvalue weighted by molar-refractivity contribution is 5.62. The van der Waals surface area contributed by atoms with Crippen molar-refractivity contribution in [3.8, 4) is 17.2 Å². The second-order valence-corrected chi connectivity index (χ2v) is 2.66. The Balaban J connectivity index is 0. The molecule has 0 aliphatic heterocycles. The smallest absolute Gasteiger partial charge is 0.203 e. The van der Waals surface area contributed by atoms with Gasteiger partial charge in [-0.15, -0.1) is 0 Å². The summed E-state index contributed by atoms with van der Waals surface area (Å²) in [7, 11) is 6.60. The van der Waals surface area contributed by atoms with Crippen LogP contribution in [0.3, 0.4) is 0 Å². The average Bonchev–Trinajstić information content (AvgIpc) is 2.49. The molecule has 0 aliphatic rings. The van der Waals surface area contributed by atoms with E-state index in [1.165, 1.54) is 0 Å². The third-order valence-corrected chi connectivity index (χ3v) is 1.95. The van der Waals surface area contributed by atoms with Crippen LogP contribution in [0, 0.1) is 0 Å². The molecular formula is C14H27NO3. The molecular weight excluding hydrogens is 230 g/mol. The molecule has 1 aromatic rings. The molecule has 1 aromatic carbocycles. The van der Waals surface area contributed by atoms with E-state index in [2.05, 4.69) is 5.32 Å². The first-order valence-electron chi connectivity index (χ1n) is 6.24. The van der Waals surface area contributed by atoms with Crippen molar-refractivity contribution in [2.45, 2.75) is 27.7 Å². The Morgan fingerprint density at radius 1 is 0.778 bits per heavy atom. The molecule has 0 saturated carbocycles. The molecule has 0 amide bonds. The van der Waals surface area contributed by atoms with Gasteiger partial charge in [-0.25, -0.2) is 0 Å². The van der Waals surface area contributed by atoms with Gasteiger partial charge in [0.2, 0.25) is 5.75 Å². The molecule has 0 aromatic heterocycles. The van der Waals surface area contributed by atoms with Crippen molar-refractivity contribution >= 4 is 5.69 Å². The van der Waals surface area contributed by atoms with Crippen molar-refractivity contribution in [1.29, 1.82) is 0 Å². The largest absolute Gasteiger partial charge is 0.493 e. The Bertz CT molecular complexity index is 289. The van der Waals surface area contributed by atoms with Gasteiger partial charge in [0.15, 0.2) is 11.5 Å². The number of hydrogen-bond donors (Lipinski definition) is 1. The van der Waals surface area contributed by atoms with E-state index in [9.17, 15) is 0 Å². The van der Waals surface area contributed by atoms with Crippen LogP contribution in [0.1, 0.15) is 27.7 Å². The molecule has 4 heteroatoms. The van der Waals surface area contributed by atoms with Crippen LogP contribution in [-0.4, -0.2) is 28.4 Å². The van der Waals surface area contributed by atoms with Crippen LogP contribution in [0.25, 0.3) is 0 Å². The maximum absolute atomic E-state index is 5.18. The Kier molecular flexibility index (Phi) is 12.4. The molecule has 0 spiro atoms. The van der Waals surface area contributed by atoms with Gasteiger partial charge in [-0.05, 0) is 0 Å². The first kappa shape index (κ1) is 18.8. The van der Waals surface area contributed by atoms with Crippen molar-refractivity contribution in [2.75, 3.05) is 33.7 Å². The van der Waals surface area contributed by atoms with Crippen LogP contribution in [0.2, 0.25) is 0 Å². The van der Waals surface area contributed by atoms with Gasteiger partial charge in [-0.1, -0.05) is 27.7 Å². The van der Waals surface area contributed by atoms with Crippen LogP contribution in [0.15, 0.2) is 12.1 Å². The summed E-state index contributed by atoms with van der Waals surface area (Å²) in [5, 5.41) is 3.01. The molecule has 0 radical (unpaired) electrons. The molecule has 0 unspecified atom stereocenters. The highest BCUT2D eigenvalue weighted by atomic mass is 16.5. The topological polar surface area (TPSA) is 39.7 Å². The van der Waals surface area contributed by atoms with Crippen LogP contribution in [0.4, 0.5) is 5.69 Å². The second-order valence-electron chi connectivity index (χ2n) is 2.66. The lowest BCUT2D eigenvalue weighted by atomic mass is 10.2. The van der Waals surface area contributed by atoms with E-state index >= 15 is 0 Å². The molecule has 0 saturated heterocycles. The minimum Gasteiger partial charge on any atom is -0.493 e. The minimum atomic E-state index is 0.606. The summed E-state index contributed by atoms with van der Waals surface area (Å²) in [5.41, 5.74) is 0.916. The lowest BCUT2D eigenvalue weighted by Crippen LogP contribution is -1.97. The molecule has 0 bridgehead atoms. The monoisotopic (exact) mass is 257 g/mol. The molecule has 4 nitrogen and oxygen atoms in total. The van der Waals surface area contributed by atoms with Gasteiger partial charge in [0.25, 0.3) is 0 Å². The first-order valence-corrected chi connectivity index (χ1v) is 6.24. The van der Waals surface area contributed by atoms with Gasteiger partial charge in [0.05, 0.1) is 21.3 Å². The fourth-order valence-corrected chi connectivity index (χ4v) is 1.23. The normalized spacial score (nSPS) is 8.00. The Labute approximate surface area is 111 Å². The summed E-state index contributed by atoms with van der Waals surface area (Å²) in [5.74, 6) is 1.90. The van der Waals surface area contributed by atoms with E-state index in [0.29, 0.717) is 17.2 Å². The second kappa shape index (κ2) is 11.9. The van der Waals surface area contributed by atoms with Gasteiger partial charge in [0, 0.05) is 24.9 Å². The summed E-state index contributed by atoms with van der Waals surface area (Å²) in [6.07, 6.45) is 0. The lowest BCUT2D eigenvalue weighted by molar-refractivity contribution is 0.324. The van der Waals surface area contributed by atoms with Crippen molar-refractivity contribution < 1.29 is 14.2 Å². The van der Waals surface area contributed by atoms with Gasteiger partial charge in [-0.3, -0.25) is 0 Å². The maximum Gasteiger partial charge on any atom is 0.203 e. The van der Waals surface area contributed by atoms with E-state index in [0.717, 1.165) is 5.69 Å². The first-order chi connectivity index (χ1) is 8.76. The third kappa shape index (κ3) is 5.17. The molecule has 0 fully saturated rings. The third-order valence-electron chi connectivity index (χ3n) is 1.95. The lowest BCUT2D eigenvalue weighted by Gasteiger charge is -2.13. The van der Waals surface area contributed by atoms with Crippen molar-refractivity contribution in [3.05, 3.63) is 12.1 Å². The molecule has 0 heterocycles. The highest BCUT2D eigenvalue weighted by Crippen LogP contribution is 2.39. The predicted molar refractivity (Wildman–Crippen MR) is 78.3 cm³/mol. The summed E-state index contributed by atoms with van der Waals surface area (Å²) < 4.78 is 15.5.